The standard InChI is InChI=1S/C41H32Cl2N2O6/c1-3-5-7-23-21-44-37-29-17-19-31(41(48)51-27-14-10-25(43)11-15-27)34-32(39(46)49-20-6-4-2)22-45-38(36(29)34)28-16-18-30(33(23)35(28)37)40(47)50-26-12-8-24(42)9-13-26/h8-19,21-22H,3-7,20H2,1-2H3. The van der Waals surface area contributed by atoms with Gasteiger partial charge in [-0.05, 0) is 85.5 Å². The molecule has 0 N–H and O–H groups in total. The summed E-state index contributed by atoms with van der Waals surface area (Å²) in [5, 5.41) is 4.76. The number of halogens is 2. The van der Waals surface area contributed by atoms with Crippen LogP contribution in [0.4, 0.5) is 0 Å². The van der Waals surface area contributed by atoms with Crippen LogP contribution in [0.2, 0.25) is 10.0 Å². The molecule has 8 nitrogen and oxygen atoms in total. The number of carbonyl (C=O) groups excluding carboxylic acids is 3. The first-order valence-electron chi connectivity index (χ1n) is 16.8. The normalized spacial score (nSPS) is 11.5. The molecule has 0 radical (unpaired) electrons. The second-order valence-electron chi connectivity index (χ2n) is 12.3. The Morgan fingerprint density at radius 1 is 0.569 bits per heavy atom. The Morgan fingerprint density at radius 3 is 1.63 bits per heavy atom. The number of benzene rings is 5. The summed E-state index contributed by atoms with van der Waals surface area (Å²) in [6.45, 7) is 4.34. The van der Waals surface area contributed by atoms with Gasteiger partial charge in [-0.1, -0.05) is 62.0 Å². The Kier molecular flexibility index (Phi) is 9.71. The Morgan fingerprint density at radius 2 is 1.08 bits per heavy atom. The Bertz CT molecular complexity index is 2430. The number of rotatable bonds is 11. The minimum Gasteiger partial charge on any atom is -0.462 e. The minimum absolute atomic E-state index is 0.136. The number of aromatic nitrogens is 2. The van der Waals surface area contributed by atoms with Crippen LogP contribution in [-0.2, 0) is 11.2 Å². The fourth-order valence-electron chi connectivity index (χ4n) is 6.41. The van der Waals surface area contributed by atoms with Crippen molar-refractivity contribution in [1.29, 1.82) is 0 Å². The van der Waals surface area contributed by atoms with E-state index in [1.54, 1.807) is 72.9 Å². The molecule has 0 aliphatic carbocycles. The SMILES string of the molecule is CCCCOC(=O)c1cnc2c3ccc(C(=O)Oc4ccc(Cl)cc4)c4c(CCCC)cnc(c5ccc(C(=O)Oc6ccc(Cl)cc6)c1c52)c43. The zero-order valence-corrected chi connectivity index (χ0v) is 29.4. The van der Waals surface area contributed by atoms with E-state index in [0.29, 0.717) is 72.5 Å². The Hall–Kier alpha value is -5.31. The molecule has 0 fully saturated rings. The summed E-state index contributed by atoms with van der Waals surface area (Å²) >= 11 is 12.1. The highest BCUT2D eigenvalue weighted by atomic mass is 35.5. The molecule has 0 amide bonds. The fraction of sp³-hybridized carbons (Fsp3) is 0.195. The van der Waals surface area contributed by atoms with Gasteiger partial charge in [-0.25, -0.2) is 14.4 Å². The van der Waals surface area contributed by atoms with Crippen molar-refractivity contribution in [2.24, 2.45) is 0 Å². The van der Waals surface area contributed by atoms with E-state index in [-0.39, 0.29) is 17.7 Å². The van der Waals surface area contributed by atoms with Crippen molar-refractivity contribution in [2.75, 3.05) is 6.61 Å². The number of pyridine rings is 2. The van der Waals surface area contributed by atoms with Crippen molar-refractivity contribution in [3.8, 4) is 11.5 Å². The smallest absolute Gasteiger partial charge is 0.344 e. The molecule has 256 valence electrons. The third-order valence-corrected chi connectivity index (χ3v) is 9.40. The molecule has 7 aromatic rings. The molecule has 0 aliphatic heterocycles. The van der Waals surface area contributed by atoms with Gasteiger partial charge in [0.1, 0.15) is 11.5 Å². The van der Waals surface area contributed by atoms with E-state index in [1.807, 2.05) is 13.0 Å². The van der Waals surface area contributed by atoms with Crippen LogP contribution in [0.15, 0.2) is 85.2 Å². The van der Waals surface area contributed by atoms with E-state index in [4.69, 9.17) is 47.4 Å². The molecule has 0 saturated heterocycles. The van der Waals surface area contributed by atoms with Crippen LogP contribution in [0, 0.1) is 0 Å². The van der Waals surface area contributed by atoms with E-state index in [0.717, 1.165) is 35.6 Å². The van der Waals surface area contributed by atoms with E-state index < -0.39 is 17.9 Å². The van der Waals surface area contributed by atoms with Gasteiger partial charge < -0.3 is 14.2 Å². The molecule has 0 bridgehead atoms. The highest BCUT2D eigenvalue weighted by Gasteiger charge is 2.27. The maximum absolute atomic E-state index is 13.8. The number of aryl methyl sites for hydroxylation is 1. The third kappa shape index (κ3) is 6.53. The predicted octanol–water partition coefficient (Wildman–Crippen LogP) is 10.6. The number of nitrogens with zero attached hydrogens (tertiary/aromatic N) is 2. The zero-order chi connectivity index (χ0) is 35.6. The summed E-state index contributed by atoms with van der Waals surface area (Å²) in [4.78, 5) is 51.0. The summed E-state index contributed by atoms with van der Waals surface area (Å²) in [7, 11) is 0. The molecule has 0 unspecified atom stereocenters. The van der Waals surface area contributed by atoms with Gasteiger partial charge in [0, 0.05) is 54.8 Å². The van der Waals surface area contributed by atoms with Gasteiger partial charge in [0.15, 0.2) is 0 Å². The topological polar surface area (TPSA) is 105 Å². The van der Waals surface area contributed by atoms with Crippen molar-refractivity contribution in [2.45, 2.75) is 46.0 Å². The van der Waals surface area contributed by atoms with Crippen molar-refractivity contribution >= 4 is 84.5 Å². The van der Waals surface area contributed by atoms with E-state index in [1.165, 1.54) is 6.20 Å². The lowest BCUT2D eigenvalue weighted by molar-refractivity contribution is 0.0501. The van der Waals surface area contributed by atoms with Gasteiger partial charge in [-0.15, -0.1) is 0 Å². The van der Waals surface area contributed by atoms with Gasteiger partial charge in [0.2, 0.25) is 0 Å². The van der Waals surface area contributed by atoms with E-state index >= 15 is 0 Å². The van der Waals surface area contributed by atoms with Gasteiger partial charge in [-0.2, -0.15) is 0 Å². The van der Waals surface area contributed by atoms with Crippen LogP contribution < -0.4 is 9.47 Å². The fourth-order valence-corrected chi connectivity index (χ4v) is 6.66. The minimum atomic E-state index is -0.664. The summed E-state index contributed by atoms with van der Waals surface area (Å²) in [6.07, 6.45) is 7.31. The largest absolute Gasteiger partial charge is 0.462 e. The Balaban J connectivity index is 1.48. The van der Waals surface area contributed by atoms with Crippen molar-refractivity contribution in [3.05, 3.63) is 117 Å². The van der Waals surface area contributed by atoms with Crippen molar-refractivity contribution in [1.82, 2.24) is 9.97 Å². The Labute approximate surface area is 303 Å². The molecule has 0 atom stereocenters. The zero-order valence-electron chi connectivity index (χ0n) is 27.9. The number of ether oxygens (including phenoxy) is 3. The number of carbonyl (C=O) groups is 3. The average Bonchev–Trinajstić information content (AvgIpc) is 3.14. The maximum atomic E-state index is 13.8. The summed E-state index contributed by atoms with van der Waals surface area (Å²) < 4.78 is 17.2. The molecule has 7 rings (SSSR count). The molecule has 0 saturated carbocycles. The van der Waals surface area contributed by atoms with Crippen molar-refractivity contribution in [3.63, 3.8) is 0 Å². The van der Waals surface area contributed by atoms with Gasteiger partial charge in [0.05, 0.1) is 34.3 Å². The molecule has 10 heteroatoms. The highest BCUT2D eigenvalue weighted by molar-refractivity contribution is 6.35. The first-order valence-corrected chi connectivity index (χ1v) is 17.6. The first kappa shape index (κ1) is 34.2. The second-order valence-corrected chi connectivity index (χ2v) is 13.1. The lowest BCUT2D eigenvalue weighted by atomic mass is 9.88. The van der Waals surface area contributed by atoms with Crippen LogP contribution in [0.5, 0.6) is 11.5 Å². The average molecular weight is 720 g/mol. The molecular formula is C41H32Cl2N2O6. The van der Waals surface area contributed by atoms with Crippen LogP contribution in [0.3, 0.4) is 0 Å². The highest BCUT2D eigenvalue weighted by Crippen LogP contribution is 2.43. The number of hydrogen-bond acceptors (Lipinski definition) is 8. The van der Waals surface area contributed by atoms with Gasteiger partial charge >= 0.3 is 17.9 Å². The van der Waals surface area contributed by atoms with Crippen LogP contribution >= 0.6 is 23.2 Å². The van der Waals surface area contributed by atoms with Crippen LogP contribution in [-0.4, -0.2) is 34.5 Å². The molecule has 51 heavy (non-hydrogen) atoms. The number of esters is 3. The molecule has 5 aromatic carbocycles. The summed E-state index contributed by atoms with van der Waals surface area (Å²) in [5.41, 5.74) is 2.72. The molecule has 2 aromatic heterocycles. The number of unbranched alkanes of at least 4 members (excludes halogenated alkanes) is 2. The van der Waals surface area contributed by atoms with Gasteiger partial charge in [-0.3, -0.25) is 9.97 Å². The van der Waals surface area contributed by atoms with Gasteiger partial charge in [0.25, 0.3) is 0 Å². The molecule has 0 aliphatic rings. The lowest BCUT2D eigenvalue weighted by Gasteiger charge is -2.19. The van der Waals surface area contributed by atoms with Crippen molar-refractivity contribution < 1.29 is 28.6 Å². The molecule has 2 heterocycles. The maximum Gasteiger partial charge on any atom is 0.344 e. The quantitative estimate of drug-likeness (QED) is 0.0428. The summed E-state index contributed by atoms with van der Waals surface area (Å²) in [6, 6.07) is 20.0. The lowest BCUT2D eigenvalue weighted by Crippen LogP contribution is -2.14. The number of hydrogen-bond donors (Lipinski definition) is 0. The molecular weight excluding hydrogens is 687 g/mol. The molecule has 0 spiro atoms. The monoisotopic (exact) mass is 718 g/mol. The first-order chi connectivity index (χ1) is 24.8. The van der Waals surface area contributed by atoms with Crippen LogP contribution in [0.1, 0.15) is 76.2 Å². The van der Waals surface area contributed by atoms with E-state index in [2.05, 4.69) is 6.92 Å². The predicted molar refractivity (Wildman–Crippen MR) is 200 cm³/mol. The number of fused-ring (bicyclic) bond motifs is 2. The van der Waals surface area contributed by atoms with E-state index in [9.17, 15) is 14.4 Å². The van der Waals surface area contributed by atoms with Crippen LogP contribution in [0.25, 0.3) is 43.4 Å². The summed E-state index contributed by atoms with van der Waals surface area (Å²) in [5.74, 6) is -1.12. The third-order valence-electron chi connectivity index (χ3n) is 8.90. The second kappa shape index (κ2) is 14.5.